The number of fused-ring (bicyclic) bond motifs is 1. The summed E-state index contributed by atoms with van der Waals surface area (Å²) in [7, 11) is -0.741. The van der Waals surface area contributed by atoms with Gasteiger partial charge in [-0.2, -0.15) is 0 Å². The molecule has 1 heterocycles. The number of aromatic nitrogens is 1. The molecule has 0 amide bonds. The van der Waals surface area contributed by atoms with Crippen LogP contribution >= 0.6 is 22.9 Å². The summed E-state index contributed by atoms with van der Waals surface area (Å²) in [4.78, 5) is 4.49. The highest BCUT2D eigenvalue weighted by molar-refractivity contribution is 7.84. The Balaban J connectivity index is 2.08. The molecule has 1 aromatic carbocycles. The minimum atomic E-state index is -0.741. The molecule has 0 fully saturated rings. The highest BCUT2D eigenvalue weighted by Gasteiger charge is 2.09. The third-order valence-electron chi connectivity index (χ3n) is 2.58. The molecule has 0 saturated heterocycles. The SMILES string of the molecule is CC(CCS(C)=O)Nc1nc2cccc(Cl)c2s1. The highest BCUT2D eigenvalue weighted by Crippen LogP contribution is 2.32. The number of halogens is 1. The monoisotopic (exact) mass is 302 g/mol. The van der Waals surface area contributed by atoms with Gasteiger partial charge in [-0.05, 0) is 25.5 Å². The van der Waals surface area contributed by atoms with Gasteiger partial charge in [0, 0.05) is 28.9 Å². The van der Waals surface area contributed by atoms with Crippen LogP contribution in [0.2, 0.25) is 5.02 Å². The van der Waals surface area contributed by atoms with Crippen LogP contribution in [0.1, 0.15) is 13.3 Å². The lowest BCUT2D eigenvalue weighted by Crippen LogP contribution is -2.17. The first kappa shape index (κ1) is 13.8. The first-order chi connectivity index (χ1) is 8.56. The Morgan fingerprint density at radius 1 is 1.56 bits per heavy atom. The normalized spacial score (nSPS) is 14.6. The number of nitrogens with zero attached hydrogens (tertiary/aromatic N) is 1. The Bertz CT molecular complexity index is 570. The average Bonchev–Trinajstić information content (AvgIpc) is 2.70. The Labute approximate surface area is 118 Å². The number of hydrogen-bond acceptors (Lipinski definition) is 4. The number of benzene rings is 1. The van der Waals surface area contributed by atoms with Crippen molar-refractivity contribution in [1.82, 2.24) is 4.98 Å². The van der Waals surface area contributed by atoms with Crippen LogP contribution in [0.15, 0.2) is 18.2 Å². The summed E-state index contributed by atoms with van der Waals surface area (Å²) in [6, 6.07) is 5.98. The molecule has 6 heteroatoms. The fourth-order valence-corrected chi connectivity index (χ4v) is 3.55. The van der Waals surface area contributed by atoms with Crippen molar-refractivity contribution in [1.29, 1.82) is 0 Å². The van der Waals surface area contributed by atoms with Gasteiger partial charge in [-0.3, -0.25) is 4.21 Å². The zero-order chi connectivity index (χ0) is 13.1. The van der Waals surface area contributed by atoms with E-state index < -0.39 is 10.8 Å². The zero-order valence-corrected chi connectivity index (χ0v) is 12.7. The van der Waals surface area contributed by atoms with E-state index in [1.807, 2.05) is 18.2 Å². The largest absolute Gasteiger partial charge is 0.359 e. The summed E-state index contributed by atoms with van der Waals surface area (Å²) in [6.07, 6.45) is 2.59. The number of nitrogens with one attached hydrogen (secondary N) is 1. The average molecular weight is 303 g/mol. The van der Waals surface area contributed by atoms with E-state index >= 15 is 0 Å². The van der Waals surface area contributed by atoms with Gasteiger partial charge in [0.05, 0.1) is 15.2 Å². The molecule has 0 aliphatic rings. The van der Waals surface area contributed by atoms with Crippen molar-refractivity contribution in [3.05, 3.63) is 23.2 Å². The quantitative estimate of drug-likeness (QED) is 0.919. The number of rotatable bonds is 5. The van der Waals surface area contributed by atoms with Crippen LogP contribution in [0.3, 0.4) is 0 Å². The molecule has 0 spiro atoms. The van der Waals surface area contributed by atoms with Gasteiger partial charge < -0.3 is 5.32 Å². The van der Waals surface area contributed by atoms with E-state index in [1.54, 1.807) is 17.6 Å². The van der Waals surface area contributed by atoms with Gasteiger partial charge in [0.25, 0.3) is 0 Å². The number of hydrogen-bond donors (Lipinski definition) is 1. The molecule has 1 aromatic heterocycles. The maximum absolute atomic E-state index is 11.0. The van der Waals surface area contributed by atoms with E-state index in [4.69, 9.17) is 11.6 Å². The molecule has 2 rings (SSSR count). The van der Waals surface area contributed by atoms with Crippen LogP contribution in [0, 0.1) is 0 Å². The lowest BCUT2D eigenvalue weighted by atomic mass is 10.3. The van der Waals surface area contributed by atoms with Gasteiger partial charge in [-0.25, -0.2) is 4.98 Å². The Kier molecular flexibility index (Phi) is 4.59. The molecular formula is C12H15ClN2OS2. The van der Waals surface area contributed by atoms with Crippen molar-refractivity contribution in [3.8, 4) is 0 Å². The standard InChI is InChI=1S/C12H15ClN2OS2/c1-8(6-7-18(2)16)14-12-15-10-5-3-4-9(13)11(10)17-12/h3-5,8H,6-7H2,1-2H3,(H,14,15). The van der Waals surface area contributed by atoms with Crippen molar-refractivity contribution < 1.29 is 4.21 Å². The summed E-state index contributed by atoms with van der Waals surface area (Å²) in [5.41, 5.74) is 0.918. The molecule has 0 aliphatic carbocycles. The van der Waals surface area contributed by atoms with Crippen LogP contribution in [0.5, 0.6) is 0 Å². The van der Waals surface area contributed by atoms with Crippen molar-refractivity contribution >= 4 is 49.1 Å². The molecule has 98 valence electrons. The van der Waals surface area contributed by atoms with E-state index in [1.165, 1.54) is 0 Å². The van der Waals surface area contributed by atoms with Gasteiger partial charge in [0.1, 0.15) is 0 Å². The Morgan fingerprint density at radius 3 is 3.00 bits per heavy atom. The zero-order valence-electron chi connectivity index (χ0n) is 10.3. The fourth-order valence-electron chi connectivity index (χ4n) is 1.60. The number of anilines is 1. The summed E-state index contributed by atoms with van der Waals surface area (Å²) in [6.45, 7) is 2.07. The molecule has 18 heavy (non-hydrogen) atoms. The second-order valence-corrected chi connectivity index (χ2v) is 7.18. The summed E-state index contributed by atoms with van der Waals surface area (Å²) in [5, 5.41) is 4.93. The van der Waals surface area contributed by atoms with Crippen molar-refractivity contribution in [2.75, 3.05) is 17.3 Å². The molecule has 2 aromatic rings. The molecule has 0 saturated carbocycles. The second-order valence-electron chi connectivity index (χ2n) is 4.22. The molecule has 1 N–H and O–H groups in total. The summed E-state index contributed by atoms with van der Waals surface area (Å²) >= 11 is 7.67. The molecule has 0 radical (unpaired) electrons. The van der Waals surface area contributed by atoms with Gasteiger partial charge in [-0.15, -0.1) is 0 Å². The van der Waals surface area contributed by atoms with E-state index in [2.05, 4.69) is 17.2 Å². The second kappa shape index (κ2) is 5.99. The maximum Gasteiger partial charge on any atom is 0.184 e. The fraction of sp³-hybridized carbons (Fsp3) is 0.417. The molecule has 0 aliphatic heterocycles. The molecule has 2 unspecified atom stereocenters. The van der Waals surface area contributed by atoms with Crippen LogP contribution in [-0.2, 0) is 10.8 Å². The third-order valence-corrected chi connectivity index (χ3v) is 4.85. The molecule has 2 atom stereocenters. The summed E-state index contributed by atoms with van der Waals surface area (Å²) < 4.78 is 12.0. The van der Waals surface area contributed by atoms with Crippen molar-refractivity contribution in [2.45, 2.75) is 19.4 Å². The maximum atomic E-state index is 11.0. The molecular weight excluding hydrogens is 288 g/mol. The molecule has 0 bridgehead atoms. The van der Waals surface area contributed by atoms with E-state index in [-0.39, 0.29) is 6.04 Å². The first-order valence-corrected chi connectivity index (χ1v) is 8.60. The van der Waals surface area contributed by atoms with Crippen LogP contribution in [0.25, 0.3) is 10.2 Å². The highest BCUT2D eigenvalue weighted by atomic mass is 35.5. The van der Waals surface area contributed by atoms with Gasteiger partial charge in [0.15, 0.2) is 5.13 Å². The van der Waals surface area contributed by atoms with Gasteiger partial charge >= 0.3 is 0 Å². The van der Waals surface area contributed by atoms with Crippen molar-refractivity contribution in [2.24, 2.45) is 0 Å². The van der Waals surface area contributed by atoms with Crippen LogP contribution < -0.4 is 5.32 Å². The first-order valence-electron chi connectivity index (χ1n) is 5.68. The summed E-state index contributed by atoms with van der Waals surface area (Å²) in [5.74, 6) is 0.708. The van der Waals surface area contributed by atoms with E-state index in [9.17, 15) is 4.21 Å². The minimum absolute atomic E-state index is 0.258. The van der Waals surface area contributed by atoms with Crippen molar-refractivity contribution in [3.63, 3.8) is 0 Å². The minimum Gasteiger partial charge on any atom is -0.359 e. The predicted octanol–water partition coefficient (Wildman–Crippen LogP) is 3.52. The van der Waals surface area contributed by atoms with E-state index in [0.29, 0.717) is 5.75 Å². The topological polar surface area (TPSA) is 42.0 Å². The van der Waals surface area contributed by atoms with Crippen LogP contribution in [-0.4, -0.2) is 27.2 Å². The lowest BCUT2D eigenvalue weighted by molar-refractivity contribution is 0.678. The Morgan fingerprint density at radius 2 is 2.33 bits per heavy atom. The van der Waals surface area contributed by atoms with E-state index in [0.717, 1.165) is 26.8 Å². The molecule has 3 nitrogen and oxygen atoms in total. The van der Waals surface area contributed by atoms with Gasteiger partial charge in [-0.1, -0.05) is 29.0 Å². The van der Waals surface area contributed by atoms with Gasteiger partial charge in [0.2, 0.25) is 0 Å². The Hall–Kier alpha value is -0.650. The third kappa shape index (κ3) is 3.43. The van der Waals surface area contributed by atoms with Crippen LogP contribution in [0.4, 0.5) is 5.13 Å². The number of thiazole rings is 1. The smallest absolute Gasteiger partial charge is 0.184 e. The predicted molar refractivity (Wildman–Crippen MR) is 81.3 cm³/mol. The lowest BCUT2D eigenvalue weighted by Gasteiger charge is -2.11.